The number of nitrogens with zero attached hydrogens (tertiary/aromatic N) is 1. The summed E-state index contributed by atoms with van der Waals surface area (Å²) in [7, 11) is 1.18. The van der Waals surface area contributed by atoms with E-state index in [0.29, 0.717) is 5.56 Å². The Morgan fingerprint density at radius 3 is 2.44 bits per heavy atom. The number of hydrogen-bond donors (Lipinski definition) is 2. The number of nitro benzene ring substituents is 1. The van der Waals surface area contributed by atoms with Crippen LogP contribution in [-0.2, 0) is 4.74 Å². The lowest BCUT2D eigenvalue weighted by atomic mass is 10.1. The molecule has 164 valence electrons. The molecular formula is C21H16ClN3O6S. The molecule has 3 rings (SSSR count). The van der Waals surface area contributed by atoms with Crippen LogP contribution in [-0.4, -0.2) is 29.8 Å². The van der Waals surface area contributed by atoms with Gasteiger partial charge in [-0.15, -0.1) is 11.3 Å². The highest BCUT2D eigenvalue weighted by Crippen LogP contribution is 2.35. The number of carbonyl (C=O) groups is 3. The Labute approximate surface area is 191 Å². The van der Waals surface area contributed by atoms with E-state index in [1.54, 1.807) is 18.2 Å². The van der Waals surface area contributed by atoms with Crippen LogP contribution in [0.25, 0.3) is 0 Å². The lowest BCUT2D eigenvalue weighted by Gasteiger charge is -2.07. The predicted molar refractivity (Wildman–Crippen MR) is 121 cm³/mol. The van der Waals surface area contributed by atoms with E-state index in [0.717, 1.165) is 11.3 Å². The minimum atomic E-state index is -0.734. The smallest absolute Gasteiger partial charge is 0.341 e. The average Bonchev–Trinajstić information content (AvgIpc) is 3.09. The van der Waals surface area contributed by atoms with Gasteiger partial charge < -0.3 is 15.4 Å². The van der Waals surface area contributed by atoms with Crippen LogP contribution in [0.1, 0.15) is 36.0 Å². The summed E-state index contributed by atoms with van der Waals surface area (Å²) in [4.78, 5) is 48.4. The first-order valence-electron chi connectivity index (χ1n) is 9.06. The van der Waals surface area contributed by atoms with Crippen molar-refractivity contribution in [3.05, 3.63) is 85.2 Å². The highest BCUT2D eigenvalue weighted by Gasteiger charge is 2.27. The number of anilines is 2. The lowest BCUT2D eigenvalue weighted by Crippen LogP contribution is -2.15. The third kappa shape index (κ3) is 4.76. The Balaban J connectivity index is 1.94. The van der Waals surface area contributed by atoms with Gasteiger partial charge in [0.1, 0.15) is 5.00 Å². The van der Waals surface area contributed by atoms with Crippen LogP contribution in [0.5, 0.6) is 0 Å². The zero-order valence-electron chi connectivity index (χ0n) is 16.8. The molecule has 11 heteroatoms. The standard InChI is InChI=1S/C21H16ClN3O6S/c1-11-16(21(28)31-2)20(24-18(26)14-8-3-4-9-15(14)22)32-17(11)19(27)23-12-6-5-7-13(10-12)25(29)30/h3-10H,1-2H3,(H,23,27)(H,24,26). The van der Waals surface area contributed by atoms with Gasteiger partial charge in [0, 0.05) is 17.8 Å². The number of carbonyl (C=O) groups excluding carboxylic acids is 3. The second-order valence-electron chi connectivity index (χ2n) is 6.45. The van der Waals surface area contributed by atoms with Crippen LogP contribution in [0.2, 0.25) is 5.02 Å². The van der Waals surface area contributed by atoms with Gasteiger partial charge in [0.05, 0.1) is 33.1 Å². The number of ether oxygens (including phenoxy) is 1. The van der Waals surface area contributed by atoms with Crippen molar-refractivity contribution in [3.8, 4) is 0 Å². The number of nitrogens with one attached hydrogen (secondary N) is 2. The second kappa shape index (κ2) is 9.58. The van der Waals surface area contributed by atoms with E-state index < -0.39 is 22.7 Å². The summed E-state index contributed by atoms with van der Waals surface area (Å²) in [6.45, 7) is 1.54. The summed E-state index contributed by atoms with van der Waals surface area (Å²) in [5.74, 6) is -1.90. The molecule has 2 amide bonds. The molecule has 0 aliphatic heterocycles. The maximum Gasteiger partial charge on any atom is 0.341 e. The van der Waals surface area contributed by atoms with Crippen LogP contribution in [0.15, 0.2) is 48.5 Å². The number of halogens is 1. The van der Waals surface area contributed by atoms with Crippen LogP contribution in [0.4, 0.5) is 16.4 Å². The number of benzene rings is 2. The van der Waals surface area contributed by atoms with Gasteiger partial charge in [-0.1, -0.05) is 29.8 Å². The number of nitro groups is 1. The normalized spacial score (nSPS) is 10.3. The van der Waals surface area contributed by atoms with Crippen molar-refractivity contribution in [2.24, 2.45) is 0 Å². The minimum absolute atomic E-state index is 0.0297. The third-order valence-electron chi connectivity index (χ3n) is 4.40. The van der Waals surface area contributed by atoms with Gasteiger partial charge >= 0.3 is 5.97 Å². The molecule has 0 atom stereocenters. The van der Waals surface area contributed by atoms with Crippen molar-refractivity contribution in [1.82, 2.24) is 0 Å². The zero-order chi connectivity index (χ0) is 23.4. The first-order valence-corrected chi connectivity index (χ1v) is 10.3. The zero-order valence-corrected chi connectivity index (χ0v) is 18.4. The number of amides is 2. The van der Waals surface area contributed by atoms with Gasteiger partial charge in [-0.05, 0) is 30.7 Å². The first-order chi connectivity index (χ1) is 15.2. The van der Waals surface area contributed by atoms with Crippen LogP contribution < -0.4 is 10.6 Å². The Morgan fingerprint density at radius 2 is 1.78 bits per heavy atom. The molecule has 1 aromatic heterocycles. The Hall–Kier alpha value is -3.76. The molecule has 2 N–H and O–H groups in total. The number of methoxy groups -OCH3 is 1. The molecule has 0 bridgehead atoms. The summed E-state index contributed by atoms with van der Waals surface area (Å²) in [5.41, 5.74) is 0.534. The van der Waals surface area contributed by atoms with Gasteiger partial charge in [0.2, 0.25) is 0 Å². The molecule has 0 fully saturated rings. The summed E-state index contributed by atoms with van der Waals surface area (Å²) in [6.07, 6.45) is 0. The van der Waals surface area contributed by atoms with Crippen LogP contribution in [0, 0.1) is 17.0 Å². The van der Waals surface area contributed by atoms with Crippen molar-refractivity contribution in [2.75, 3.05) is 17.7 Å². The predicted octanol–water partition coefficient (Wildman–Crippen LogP) is 4.91. The fourth-order valence-electron chi connectivity index (χ4n) is 2.87. The highest BCUT2D eigenvalue weighted by molar-refractivity contribution is 7.19. The van der Waals surface area contributed by atoms with Gasteiger partial charge in [0.15, 0.2) is 0 Å². The second-order valence-corrected chi connectivity index (χ2v) is 7.88. The SMILES string of the molecule is COC(=O)c1c(NC(=O)c2ccccc2Cl)sc(C(=O)Nc2cccc([N+](=O)[O-])c2)c1C. The van der Waals surface area contributed by atoms with E-state index in [4.69, 9.17) is 16.3 Å². The Bertz CT molecular complexity index is 1240. The molecular weight excluding hydrogens is 458 g/mol. The quantitative estimate of drug-likeness (QED) is 0.297. The molecule has 0 aliphatic carbocycles. The number of thiophene rings is 1. The highest BCUT2D eigenvalue weighted by atomic mass is 35.5. The van der Waals surface area contributed by atoms with Crippen molar-refractivity contribution in [3.63, 3.8) is 0 Å². The maximum atomic E-state index is 12.8. The van der Waals surface area contributed by atoms with Crippen molar-refractivity contribution >= 4 is 57.1 Å². The number of non-ortho nitro benzene ring substituents is 1. The summed E-state index contributed by atoms with van der Waals surface area (Å²) < 4.78 is 4.81. The minimum Gasteiger partial charge on any atom is -0.465 e. The van der Waals surface area contributed by atoms with Gasteiger partial charge in [-0.3, -0.25) is 19.7 Å². The third-order valence-corrected chi connectivity index (χ3v) is 5.94. The largest absolute Gasteiger partial charge is 0.465 e. The molecule has 0 unspecified atom stereocenters. The van der Waals surface area contributed by atoms with E-state index >= 15 is 0 Å². The van der Waals surface area contributed by atoms with Gasteiger partial charge in [-0.2, -0.15) is 0 Å². The Morgan fingerprint density at radius 1 is 1.06 bits per heavy atom. The van der Waals surface area contributed by atoms with Crippen molar-refractivity contribution < 1.29 is 24.0 Å². The maximum absolute atomic E-state index is 12.8. The molecule has 0 spiro atoms. The van der Waals surface area contributed by atoms with E-state index in [1.807, 2.05) is 0 Å². The molecule has 0 saturated carbocycles. The van der Waals surface area contributed by atoms with E-state index in [9.17, 15) is 24.5 Å². The lowest BCUT2D eigenvalue weighted by molar-refractivity contribution is -0.384. The first kappa shape index (κ1) is 22.9. The van der Waals surface area contributed by atoms with Gasteiger partial charge in [-0.25, -0.2) is 4.79 Å². The summed E-state index contributed by atoms with van der Waals surface area (Å²) in [5, 5.41) is 16.5. The van der Waals surface area contributed by atoms with E-state index in [-0.39, 0.29) is 37.4 Å². The summed E-state index contributed by atoms with van der Waals surface area (Å²) >= 11 is 6.94. The monoisotopic (exact) mass is 473 g/mol. The molecule has 9 nitrogen and oxygen atoms in total. The van der Waals surface area contributed by atoms with Gasteiger partial charge in [0.25, 0.3) is 17.5 Å². The van der Waals surface area contributed by atoms with Crippen molar-refractivity contribution in [1.29, 1.82) is 0 Å². The fourth-order valence-corrected chi connectivity index (χ4v) is 4.17. The topological polar surface area (TPSA) is 128 Å². The van der Waals surface area contributed by atoms with E-state index in [1.165, 1.54) is 44.4 Å². The van der Waals surface area contributed by atoms with Crippen LogP contribution in [0.3, 0.4) is 0 Å². The molecule has 0 aliphatic rings. The van der Waals surface area contributed by atoms with E-state index in [2.05, 4.69) is 10.6 Å². The molecule has 3 aromatic rings. The summed E-state index contributed by atoms with van der Waals surface area (Å²) in [6, 6.07) is 11.8. The number of esters is 1. The molecule has 2 aromatic carbocycles. The average molecular weight is 474 g/mol. The molecule has 0 saturated heterocycles. The molecule has 1 heterocycles. The molecule has 0 radical (unpaired) electrons. The van der Waals surface area contributed by atoms with Crippen molar-refractivity contribution in [2.45, 2.75) is 6.92 Å². The number of hydrogen-bond acceptors (Lipinski definition) is 7. The fraction of sp³-hybridized carbons (Fsp3) is 0.0952. The molecule has 32 heavy (non-hydrogen) atoms. The Kier molecular flexibility index (Phi) is 6.86. The van der Waals surface area contributed by atoms with Crippen LogP contribution >= 0.6 is 22.9 Å². The number of rotatable bonds is 6.